The molecule has 0 saturated heterocycles. The summed E-state index contributed by atoms with van der Waals surface area (Å²) in [6, 6.07) is 23.1. The summed E-state index contributed by atoms with van der Waals surface area (Å²) in [5.41, 5.74) is 2.46. The highest BCUT2D eigenvalue weighted by Gasteiger charge is 2.36. The van der Waals surface area contributed by atoms with E-state index in [9.17, 15) is 19.2 Å². The maximum atomic E-state index is 13.9. The van der Waals surface area contributed by atoms with Gasteiger partial charge in [0.1, 0.15) is 6.04 Å². The molecular weight excluding hydrogens is 538 g/mol. The van der Waals surface area contributed by atoms with Gasteiger partial charge in [-0.2, -0.15) is 0 Å². The van der Waals surface area contributed by atoms with Crippen LogP contribution in [-0.4, -0.2) is 52.1 Å². The summed E-state index contributed by atoms with van der Waals surface area (Å²) in [5, 5.41) is 3.71. The number of imide groups is 1. The number of halogens is 1. The fraction of sp³-hybridized carbons (Fsp3) is 0.333. The monoisotopic (exact) mass is 571 g/mol. The number of carbonyl (C=O) groups is 4. The van der Waals surface area contributed by atoms with Gasteiger partial charge in [0.15, 0.2) is 0 Å². The van der Waals surface area contributed by atoms with E-state index in [1.807, 2.05) is 48.5 Å². The van der Waals surface area contributed by atoms with Gasteiger partial charge in [0.05, 0.1) is 11.1 Å². The molecule has 1 aliphatic heterocycles. The quantitative estimate of drug-likeness (QED) is 0.312. The predicted octanol–water partition coefficient (Wildman–Crippen LogP) is 5.42. The molecule has 0 bridgehead atoms. The molecule has 0 unspecified atom stereocenters. The highest BCUT2D eigenvalue weighted by Crippen LogP contribution is 2.25. The van der Waals surface area contributed by atoms with E-state index in [4.69, 9.17) is 11.6 Å². The first kappa shape index (κ1) is 28.6. The van der Waals surface area contributed by atoms with Crippen molar-refractivity contribution in [1.29, 1.82) is 0 Å². The molecule has 0 radical (unpaired) electrons. The Bertz CT molecular complexity index is 1390. The summed E-state index contributed by atoms with van der Waals surface area (Å²) in [6.45, 7) is 0.288. The van der Waals surface area contributed by atoms with E-state index in [1.54, 1.807) is 35.2 Å². The molecule has 0 aromatic heterocycles. The first-order chi connectivity index (χ1) is 19.9. The van der Waals surface area contributed by atoms with Crippen molar-refractivity contribution in [3.8, 4) is 0 Å². The van der Waals surface area contributed by atoms with Gasteiger partial charge in [0.2, 0.25) is 11.8 Å². The Labute approximate surface area is 245 Å². The molecule has 1 saturated carbocycles. The van der Waals surface area contributed by atoms with Crippen LogP contribution >= 0.6 is 11.6 Å². The fourth-order valence-corrected chi connectivity index (χ4v) is 5.90. The van der Waals surface area contributed by atoms with E-state index in [-0.39, 0.29) is 55.6 Å². The van der Waals surface area contributed by atoms with E-state index in [2.05, 4.69) is 5.32 Å². The van der Waals surface area contributed by atoms with Crippen molar-refractivity contribution in [2.45, 2.75) is 63.6 Å². The van der Waals surface area contributed by atoms with Crippen LogP contribution in [0.2, 0.25) is 5.02 Å². The van der Waals surface area contributed by atoms with Crippen LogP contribution in [0.15, 0.2) is 78.9 Å². The van der Waals surface area contributed by atoms with Gasteiger partial charge in [0.25, 0.3) is 11.8 Å². The minimum absolute atomic E-state index is 0.0693. The van der Waals surface area contributed by atoms with Gasteiger partial charge in [-0.25, -0.2) is 0 Å². The highest BCUT2D eigenvalue weighted by atomic mass is 35.5. The molecule has 1 N–H and O–H groups in total. The van der Waals surface area contributed by atoms with Gasteiger partial charge >= 0.3 is 0 Å². The minimum atomic E-state index is -0.749. The van der Waals surface area contributed by atoms with Gasteiger partial charge in [-0.15, -0.1) is 0 Å². The molecule has 8 heteroatoms. The molecule has 1 aliphatic carbocycles. The van der Waals surface area contributed by atoms with Crippen LogP contribution in [-0.2, 0) is 22.6 Å². The minimum Gasteiger partial charge on any atom is -0.352 e. The lowest BCUT2D eigenvalue weighted by Crippen LogP contribution is -2.52. The maximum Gasteiger partial charge on any atom is 0.261 e. The standard InChI is InChI=1S/C33H34ClN3O4/c34-28-18-9-4-13-24(28)22-37(29(21-23-11-2-1-3-12-23)31(39)35-25-14-5-6-15-25)30(38)19-10-20-36-32(40)26-16-7-8-17-27(26)33(36)41/h1-4,7-9,11-13,16-18,25,29H,5-6,10,14-15,19-22H2,(H,35,39)/t29-/m0/s1. The van der Waals surface area contributed by atoms with Crippen LogP contribution in [0.4, 0.5) is 0 Å². The number of carbonyl (C=O) groups excluding carboxylic acids is 4. The van der Waals surface area contributed by atoms with E-state index in [1.165, 1.54) is 4.90 Å². The lowest BCUT2D eigenvalue weighted by Gasteiger charge is -2.33. The summed E-state index contributed by atoms with van der Waals surface area (Å²) in [6.07, 6.45) is 4.73. The van der Waals surface area contributed by atoms with E-state index in [0.717, 1.165) is 36.8 Å². The van der Waals surface area contributed by atoms with Crippen molar-refractivity contribution in [2.24, 2.45) is 0 Å². The molecular formula is C33H34ClN3O4. The van der Waals surface area contributed by atoms with Crippen molar-refractivity contribution < 1.29 is 19.2 Å². The Hall–Kier alpha value is -3.97. The number of nitrogens with zero attached hydrogens (tertiary/aromatic N) is 2. The molecule has 3 aromatic rings. The first-order valence-electron chi connectivity index (χ1n) is 14.2. The Morgan fingerprint density at radius 1 is 0.878 bits per heavy atom. The van der Waals surface area contributed by atoms with Gasteiger partial charge in [0, 0.05) is 37.0 Å². The topological polar surface area (TPSA) is 86.8 Å². The lowest BCUT2D eigenvalue weighted by molar-refractivity contribution is -0.141. The number of fused-ring (bicyclic) bond motifs is 1. The number of hydrogen-bond donors (Lipinski definition) is 1. The Morgan fingerprint density at radius 2 is 1.49 bits per heavy atom. The largest absolute Gasteiger partial charge is 0.352 e. The molecule has 3 aromatic carbocycles. The molecule has 0 spiro atoms. The summed E-state index contributed by atoms with van der Waals surface area (Å²) in [5.74, 6) is -1.10. The molecule has 1 atom stereocenters. The maximum absolute atomic E-state index is 13.9. The van der Waals surface area contributed by atoms with E-state index in [0.29, 0.717) is 22.6 Å². The molecule has 1 fully saturated rings. The van der Waals surface area contributed by atoms with Gasteiger partial charge in [-0.3, -0.25) is 24.1 Å². The number of benzene rings is 3. The van der Waals surface area contributed by atoms with Crippen LogP contribution in [0, 0.1) is 0 Å². The third-order valence-electron chi connectivity index (χ3n) is 7.92. The zero-order valence-corrected chi connectivity index (χ0v) is 23.7. The molecule has 7 nitrogen and oxygen atoms in total. The van der Waals surface area contributed by atoms with Crippen molar-refractivity contribution >= 4 is 35.2 Å². The summed E-state index contributed by atoms with van der Waals surface area (Å²) in [7, 11) is 0. The van der Waals surface area contributed by atoms with Crippen LogP contribution < -0.4 is 5.32 Å². The van der Waals surface area contributed by atoms with Crippen molar-refractivity contribution in [1.82, 2.24) is 15.1 Å². The number of amides is 4. The second kappa shape index (κ2) is 13.1. The van der Waals surface area contributed by atoms with Crippen LogP contribution in [0.5, 0.6) is 0 Å². The summed E-state index contributed by atoms with van der Waals surface area (Å²) >= 11 is 6.50. The van der Waals surface area contributed by atoms with Crippen LogP contribution in [0.3, 0.4) is 0 Å². The Morgan fingerprint density at radius 3 is 2.15 bits per heavy atom. The number of hydrogen-bond acceptors (Lipinski definition) is 4. The van der Waals surface area contributed by atoms with Crippen LogP contribution in [0.25, 0.3) is 0 Å². The van der Waals surface area contributed by atoms with E-state index >= 15 is 0 Å². The molecule has 4 amide bonds. The Balaban J connectivity index is 1.36. The lowest BCUT2D eigenvalue weighted by atomic mass is 10.0. The van der Waals surface area contributed by atoms with Gasteiger partial charge in [-0.1, -0.05) is 85.1 Å². The van der Waals surface area contributed by atoms with E-state index < -0.39 is 6.04 Å². The molecule has 41 heavy (non-hydrogen) atoms. The fourth-order valence-electron chi connectivity index (χ4n) is 5.71. The summed E-state index contributed by atoms with van der Waals surface area (Å²) in [4.78, 5) is 56.1. The van der Waals surface area contributed by atoms with Crippen molar-refractivity contribution in [2.75, 3.05) is 6.54 Å². The zero-order chi connectivity index (χ0) is 28.8. The van der Waals surface area contributed by atoms with Gasteiger partial charge in [-0.05, 0) is 48.6 Å². The zero-order valence-electron chi connectivity index (χ0n) is 22.9. The van der Waals surface area contributed by atoms with Crippen molar-refractivity contribution in [3.63, 3.8) is 0 Å². The van der Waals surface area contributed by atoms with Crippen molar-refractivity contribution in [3.05, 3.63) is 106 Å². The predicted molar refractivity (Wildman–Crippen MR) is 157 cm³/mol. The molecule has 1 heterocycles. The average molecular weight is 572 g/mol. The smallest absolute Gasteiger partial charge is 0.261 e. The third kappa shape index (κ3) is 6.68. The second-order valence-electron chi connectivity index (χ2n) is 10.7. The Kier molecular flexibility index (Phi) is 9.14. The number of nitrogens with one attached hydrogen (secondary N) is 1. The molecule has 2 aliphatic rings. The molecule has 212 valence electrons. The normalized spacial score (nSPS) is 15.6. The second-order valence-corrected chi connectivity index (χ2v) is 11.1. The van der Waals surface area contributed by atoms with Gasteiger partial charge < -0.3 is 10.2 Å². The third-order valence-corrected chi connectivity index (χ3v) is 8.29. The highest BCUT2D eigenvalue weighted by molar-refractivity contribution is 6.31. The SMILES string of the molecule is O=C(NC1CCCC1)[C@H](Cc1ccccc1)N(Cc1ccccc1Cl)C(=O)CCCN1C(=O)c2ccccc2C1=O. The summed E-state index contributed by atoms with van der Waals surface area (Å²) < 4.78 is 0. The average Bonchev–Trinajstić information content (AvgIpc) is 3.58. The van der Waals surface area contributed by atoms with Crippen LogP contribution in [0.1, 0.15) is 70.4 Å². The number of rotatable bonds is 11. The molecule has 5 rings (SSSR count). The first-order valence-corrected chi connectivity index (χ1v) is 14.6.